The second kappa shape index (κ2) is 7.50. The van der Waals surface area contributed by atoms with Crippen LogP contribution in [-0.4, -0.2) is 37.9 Å². The van der Waals surface area contributed by atoms with E-state index in [0.717, 1.165) is 12.8 Å². The van der Waals surface area contributed by atoms with Gasteiger partial charge in [0.05, 0.1) is 5.69 Å². The topological polar surface area (TPSA) is 112 Å². The van der Waals surface area contributed by atoms with Gasteiger partial charge in [0.25, 0.3) is 17.2 Å². The van der Waals surface area contributed by atoms with Gasteiger partial charge in [-0.05, 0) is 38.0 Å². The lowest BCUT2D eigenvalue weighted by Crippen LogP contribution is -2.24. The van der Waals surface area contributed by atoms with Crippen molar-refractivity contribution in [2.24, 2.45) is 0 Å². The number of rotatable bonds is 5. The summed E-state index contributed by atoms with van der Waals surface area (Å²) >= 11 is 0. The van der Waals surface area contributed by atoms with Crippen molar-refractivity contribution in [2.45, 2.75) is 39.5 Å². The number of aryl methyl sites for hydroxylation is 1. The largest absolute Gasteiger partial charge is 0.312 e. The summed E-state index contributed by atoms with van der Waals surface area (Å²) in [4.78, 5) is 47.5. The highest BCUT2D eigenvalue weighted by atomic mass is 16.2. The summed E-state index contributed by atoms with van der Waals surface area (Å²) in [6, 6.07) is 6.88. The number of carbonyl (C=O) groups excluding carboxylic acids is 2. The zero-order valence-corrected chi connectivity index (χ0v) is 16.4. The fourth-order valence-corrected chi connectivity index (χ4v) is 3.56. The minimum Gasteiger partial charge on any atom is -0.312 e. The third-order valence-corrected chi connectivity index (χ3v) is 5.02. The van der Waals surface area contributed by atoms with Crippen LogP contribution in [-0.2, 0) is 11.2 Å². The summed E-state index contributed by atoms with van der Waals surface area (Å²) in [5.74, 6) is 0.00835. The van der Waals surface area contributed by atoms with Crippen LogP contribution in [0.3, 0.4) is 0 Å². The molecule has 1 aromatic carbocycles. The van der Waals surface area contributed by atoms with Crippen molar-refractivity contribution in [1.82, 2.24) is 19.6 Å². The van der Waals surface area contributed by atoms with Gasteiger partial charge in [-0.1, -0.05) is 19.4 Å². The van der Waals surface area contributed by atoms with E-state index in [1.165, 1.54) is 4.52 Å². The monoisotopic (exact) mass is 394 g/mol. The lowest BCUT2D eigenvalue weighted by atomic mass is 10.1. The Hall–Kier alpha value is -3.49. The number of aromatic nitrogens is 4. The molecule has 3 aromatic rings. The Morgan fingerprint density at radius 1 is 1.28 bits per heavy atom. The fourth-order valence-electron chi connectivity index (χ4n) is 3.56. The third kappa shape index (κ3) is 3.51. The first-order valence-electron chi connectivity index (χ1n) is 9.68. The average Bonchev–Trinajstić information content (AvgIpc) is 3.31. The van der Waals surface area contributed by atoms with Crippen LogP contribution in [0, 0.1) is 6.92 Å². The molecule has 0 spiro atoms. The molecule has 3 heterocycles. The maximum Gasteiger partial charge on any atom is 0.277 e. The summed E-state index contributed by atoms with van der Waals surface area (Å²) in [7, 11) is 0. The number of aromatic amines is 1. The number of anilines is 2. The molecule has 9 heteroatoms. The summed E-state index contributed by atoms with van der Waals surface area (Å²) < 4.78 is 1.24. The number of H-pyrrole nitrogens is 1. The maximum absolute atomic E-state index is 12.7. The summed E-state index contributed by atoms with van der Waals surface area (Å²) in [5, 5.41) is 5.47. The van der Waals surface area contributed by atoms with Crippen LogP contribution >= 0.6 is 0 Å². The Kier molecular flexibility index (Phi) is 4.87. The van der Waals surface area contributed by atoms with Gasteiger partial charge in [0.2, 0.25) is 11.9 Å². The molecule has 29 heavy (non-hydrogen) atoms. The second-order valence-corrected chi connectivity index (χ2v) is 7.09. The number of amides is 2. The van der Waals surface area contributed by atoms with Gasteiger partial charge in [0, 0.05) is 29.8 Å². The number of carbonyl (C=O) groups is 2. The first kappa shape index (κ1) is 18.9. The molecule has 2 aromatic heterocycles. The lowest BCUT2D eigenvalue weighted by Gasteiger charge is -2.16. The normalized spacial score (nSPS) is 14.0. The Morgan fingerprint density at radius 3 is 2.83 bits per heavy atom. The predicted octanol–water partition coefficient (Wildman–Crippen LogP) is 2.06. The van der Waals surface area contributed by atoms with Gasteiger partial charge in [0.1, 0.15) is 0 Å². The van der Waals surface area contributed by atoms with Crippen LogP contribution < -0.4 is 15.8 Å². The highest BCUT2D eigenvalue weighted by Crippen LogP contribution is 2.22. The quantitative estimate of drug-likeness (QED) is 0.688. The number of hydrogen-bond acceptors (Lipinski definition) is 5. The molecule has 2 amide bonds. The van der Waals surface area contributed by atoms with Gasteiger partial charge in [-0.3, -0.25) is 24.8 Å². The molecule has 1 aliphatic heterocycles. The van der Waals surface area contributed by atoms with E-state index in [2.05, 4.69) is 20.4 Å². The molecule has 150 valence electrons. The Morgan fingerprint density at radius 2 is 2.10 bits per heavy atom. The molecule has 9 nitrogen and oxygen atoms in total. The molecule has 0 atom stereocenters. The zero-order chi connectivity index (χ0) is 20.5. The van der Waals surface area contributed by atoms with Crippen molar-refractivity contribution in [3.8, 4) is 0 Å². The van der Waals surface area contributed by atoms with Crippen LogP contribution in [0.4, 0.5) is 11.6 Å². The van der Waals surface area contributed by atoms with E-state index in [4.69, 9.17) is 0 Å². The highest BCUT2D eigenvalue weighted by molar-refractivity contribution is 6.05. The summed E-state index contributed by atoms with van der Waals surface area (Å²) in [6.07, 6.45) is 2.80. The third-order valence-electron chi connectivity index (χ3n) is 5.02. The van der Waals surface area contributed by atoms with E-state index in [9.17, 15) is 14.4 Å². The van der Waals surface area contributed by atoms with Crippen molar-refractivity contribution in [2.75, 3.05) is 16.8 Å². The molecule has 1 aliphatic rings. The molecule has 0 bridgehead atoms. The van der Waals surface area contributed by atoms with Crippen LogP contribution in [0.1, 0.15) is 47.8 Å². The average molecular weight is 394 g/mol. The van der Waals surface area contributed by atoms with E-state index in [1.54, 1.807) is 30.0 Å². The van der Waals surface area contributed by atoms with Crippen molar-refractivity contribution >= 4 is 29.2 Å². The minimum absolute atomic E-state index is 0.0588. The first-order valence-corrected chi connectivity index (χ1v) is 9.68. The zero-order valence-electron chi connectivity index (χ0n) is 16.4. The molecule has 1 saturated heterocycles. The number of hydrogen-bond donors (Lipinski definition) is 2. The molecular weight excluding hydrogens is 372 g/mol. The van der Waals surface area contributed by atoms with Gasteiger partial charge in [-0.15, -0.1) is 0 Å². The molecule has 1 fully saturated rings. The molecule has 2 N–H and O–H groups in total. The minimum atomic E-state index is -0.392. The van der Waals surface area contributed by atoms with Gasteiger partial charge in [-0.2, -0.15) is 9.50 Å². The Bertz CT molecular complexity index is 1160. The van der Waals surface area contributed by atoms with Crippen molar-refractivity contribution in [3.05, 3.63) is 51.4 Å². The molecule has 4 rings (SSSR count). The number of nitrogens with zero attached hydrogens (tertiary/aromatic N) is 4. The molecule has 0 aliphatic carbocycles. The van der Waals surface area contributed by atoms with Crippen LogP contribution in [0.15, 0.2) is 29.1 Å². The summed E-state index contributed by atoms with van der Waals surface area (Å²) in [5.41, 5.74) is 2.16. The number of benzene rings is 1. The van der Waals surface area contributed by atoms with Crippen molar-refractivity contribution < 1.29 is 9.59 Å². The van der Waals surface area contributed by atoms with Gasteiger partial charge in [-0.25, -0.2) is 4.98 Å². The van der Waals surface area contributed by atoms with E-state index >= 15 is 0 Å². The van der Waals surface area contributed by atoms with Gasteiger partial charge >= 0.3 is 0 Å². The van der Waals surface area contributed by atoms with Gasteiger partial charge < -0.3 is 4.90 Å². The number of nitrogens with one attached hydrogen (secondary N) is 2. The molecular formula is C20H22N6O3. The predicted molar refractivity (Wildman–Crippen MR) is 108 cm³/mol. The molecule has 0 saturated carbocycles. The lowest BCUT2D eigenvalue weighted by molar-refractivity contribution is -0.117. The van der Waals surface area contributed by atoms with E-state index in [-0.39, 0.29) is 23.2 Å². The molecule has 0 radical (unpaired) electrons. The molecule has 0 unspecified atom stereocenters. The summed E-state index contributed by atoms with van der Waals surface area (Å²) in [6.45, 7) is 4.43. The fraction of sp³-hybridized carbons (Fsp3) is 0.350. The van der Waals surface area contributed by atoms with E-state index in [1.807, 2.05) is 13.0 Å². The van der Waals surface area contributed by atoms with Crippen LogP contribution in [0.25, 0.3) is 5.78 Å². The SMILES string of the molecule is CCCc1c(C)nc2nc(NC(=O)c3cccc(N4CCCC4=O)c3)[nH]n2c1=O. The Labute approximate surface area is 166 Å². The Balaban J connectivity index is 1.60. The first-order chi connectivity index (χ1) is 14.0. The van der Waals surface area contributed by atoms with Crippen LogP contribution in [0.5, 0.6) is 0 Å². The number of fused-ring (bicyclic) bond motifs is 1. The maximum atomic E-state index is 12.7. The van der Waals surface area contributed by atoms with Gasteiger partial charge in [0.15, 0.2) is 0 Å². The van der Waals surface area contributed by atoms with Crippen molar-refractivity contribution in [1.29, 1.82) is 0 Å². The van der Waals surface area contributed by atoms with E-state index in [0.29, 0.717) is 41.9 Å². The second-order valence-electron chi connectivity index (χ2n) is 7.09. The van der Waals surface area contributed by atoms with Crippen LogP contribution in [0.2, 0.25) is 0 Å². The highest BCUT2D eigenvalue weighted by Gasteiger charge is 2.22. The standard InChI is InChI=1S/C20H22N6O3/c1-3-6-15-12(2)21-20-23-19(24-26(20)18(15)29)22-17(28)13-7-4-8-14(11-13)25-10-5-9-16(25)27/h4,7-8,11H,3,5-6,9-10H2,1-2H3,(H2,21,22,23,24,28). The van der Waals surface area contributed by atoms with E-state index < -0.39 is 5.91 Å². The smallest absolute Gasteiger partial charge is 0.277 e. The van der Waals surface area contributed by atoms with Crippen molar-refractivity contribution in [3.63, 3.8) is 0 Å².